The largest absolute Gasteiger partial charge is 0.478 e. The first-order chi connectivity index (χ1) is 16.6. The van der Waals surface area contributed by atoms with Crippen molar-refractivity contribution < 1.29 is 53.2 Å². The molecule has 35 heavy (non-hydrogen) atoms. The lowest BCUT2D eigenvalue weighted by Gasteiger charge is -2.30. The Morgan fingerprint density at radius 2 is 1.71 bits per heavy atom. The second-order valence-corrected chi connectivity index (χ2v) is 7.04. The second kappa shape index (κ2) is 17.7. The summed E-state index contributed by atoms with van der Waals surface area (Å²) in [5.74, 6) is -4.48. The number of morpholine rings is 1. The van der Waals surface area contributed by atoms with E-state index in [1.165, 1.54) is 14.0 Å². The first-order valence-corrected chi connectivity index (χ1v) is 10.7. The van der Waals surface area contributed by atoms with Gasteiger partial charge in [0, 0.05) is 37.7 Å². The molecule has 0 aromatic heterocycles. The van der Waals surface area contributed by atoms with Gasteiger partial charge in [0.1, 0.15) is 12.0 Å². The van der Waals surface area contributed by atoms with E-state index in [2.05, 4.69) is 14.8 Å². The molecule has 1 amide bonds. The topological polar surface area (TPSA) is 186 Å². The summed E-state index contributed by atoms with van der Waals surface area (Å²) in [5, 5.41) is 20.0. The van der Waals surface area contributed by atoms with Gasteiger partial charge in [-0.2, -0.15) is 0 Å². The minimum atomic E-state index is -1.30. The molecule has 1 aliphatic rings. The number of carboxylic acid groups (broad SMARTS) is 2. The molecule has 0 unspecified atom stereocenters. The zero-order valence-corrected chi connectivity index (χ0v) is 20.0. The summed E-state index contributed by atoms with van der Waals surface area (Å²) in [5.41, 5.74) is -0.377. The van der Waals surface area contributed by atoms with Crippen LogP contribution in [0.25, 0.3) is 0 Å². The van der Waals surface area contributed by atoms with E-state index in [1.54, 1.807) is 4.90 Å². The van der Waals surface area contributed by atoms with Crippen LogP contribution in [0.2, 0.25) is 0 Å². The van der Waals surface area contributed by atoms with E-state index in [9.17, 15) is 28.8 Å². The quantitative estimate of drug-likeness (QED) is 0.140. The van der Waals surface area contributed by atoms with Gasteiger partial charge >= 0.3 is 23.9 Å². The molecule has 0 aliphatic carbocycles. The molecule has 1 fully saturated rings. The van der Waals surface area contributed by atoms with Gasteiger partial charge in [-0.25, -0.2) is 19.2 Å². The smallest absolute Gasteiger partial charge is 0.354 e. The van der Waals surface area contributed by atoms with Crippen LogP contribution in [-0.2, 0) is 43.0 Å². The highest BCUT2D eigenvalue weighted by molar-refractivity contribution is 6.00. The molecule has 0 aromatic carbocycles. The third-order valence-corrected chi connectivity index (χ3v) is 4.39. The number of esters is 2. The molecule has 0 saturated carbocycles. The van der Waals surface area contributed by atoms with Crippen LogP contribution < -0.4 is 5.32 Å². The number of amides is 1. The van der Waals surface area contributed by atoms with Crippen LogP contribution in [0.15, 0.2) is 22.9 Å². The van der Waals surface area contributed by atoms with Crippen molar-refractivity contribution in [2.75, 3.05) is 46.6 Å². The van der Waals surface area contributed by atoms with Crippen LogP contribution in [0.1, 0.15) is 33.1 Å². The fraction of sp³-hybridized carbons (Fsp3) is 0.545. The highest BCUT2D eigenvalue weighted by Gasteiger charge is 2.27. The number of carboxylic acids is 2. The van der Waals surface area contributed by atoms with Gasteiger partial charge in [0.15, 0.2) is 6.61 Å². The van der Waals surface area contributed by atoms with Gasteiger partial charge in [-0.3, -0.25) is 4.79 Å². The Kier molecular flexibility index (Phi) is 15.8. The Hall–Kier alpha value is -3.74. The summed E-state index contributed by atoms with van der Waals surface area (Å²) < 4.78 is 14.3. The van der Waals surface area contributed by atoms with Crippen molar-refractivity contribution in [1.82, 2.24) is 10.2 Å². The molecule has 0 bridgehead atoms. The lowest BCUT2D eigenvalue weighted by Crippen LogP contribution is -2.39. The Morgan fingerprint density at radius 1 is 1.09 bits per heavy atom. The van der Waals surface area contributed by atoms with Gasteiger partial charge in [0.25, 0.3) is 5.91 Å². The summed E-state index contributed by atoms with van der Waals surface area (Å²) >= 11 is 0. The van der Waals surface area contributed by atoms with Gasteiger partial charge < -0.3 is 39.4 Å². The Balaban J connectivity index is 0.000000662. The maximum atomic E-state index is 11.7. The maximum absolute atomic E-state index is 11.7. The number of unbranched alkanes of at least 4 members (excludes halogenated alkanes) is 1. The first kappa shape index (κ1) is 31.3. The Bertz CT molecular complexity index is 827. The number of aldehydes is 1. The molecule has 0 radical (unpaired) electrons. The summed E-state index contributed by atoms with van der Waals surface area (Å²) in [7, 11) is 1.17. The maximum Gasteiger partial charge on any atom is 0.354 e. The van der Waals surface area contributed by atoms with Crippen LogP contribution in [0.3, 0.4) is 0 Å². The SMILES string of the molecule is CCCCNC(=O)COC(=O)/C(C)=C/C(=O)O.COC(=O)C(=C(CC=O)C(=O)O)N1CCOCC1. The van der Waals surface area contributed by atoms with Crippen molar-refractivity contribution in [3.63, 3.8) is 0 Å². The van der Waals surface area contributed by atoms with Crippen molar-refractivity contribution in [2.45, 2.75) is 33.1 Å². The molecule has 1 heterocycles. The number of aliphatic carboxylic acids is 2. The number of nitrogens with zero attached hydrogens (tertiary/aromatic N) is 1. The number of hydrogen-bond donors (Lipinski definition) is 3. The molecular formula is C22H32N2O11. The third-order valence-electron chi connectivity index (χ3n) is 4.39. The zero-order valence-electron chi connectivity index (χ0n) is 20.0. The first-order valence-electron chi connectivity index (χ1n) is 10.7. The minimum Gasteiger partial charge on any atom is -0.478 e. The molecule has 1 aliphatic heterocycles. The molecule has 0 atom stereocenters. The molecule has 1 rings (SSSR count). The summed E-state index contributed by atoms with van der Waals surface area (Å²) in [6.45, 7) is 5.02. The van der Waals surface area contributed by atoms with E-state index < -0.39 is 36.4 Å². The highest BCUT2D eigenvalue weighted by Crippen LogP contribution is 2.17. The standard InChI is InChI=1S/C11H15NO6.C11H17NO5/c1-17-11(16)9(8(2-5-13)10(14)15)12-3-6-18-7-4-12;1-3-4-5-12-9(13)7-17-11(16)8(2)6-10(14)15/h5H,2-4,6-7H2,1H3,(H,14,15);6H,3-5,7H2,1-2H3,(H,12,13)(H,14,15)/b;8-6+. The van der Waals surface area contributed by atoms with Crippen LogP contribution >= 0.6 is 0 Å². The van der Waals surface area contributed by atoms with Crippen LogP contribution in [0.4, 0.5) is 0 Å². The summed E-state index contributed by atoms with van der Waals surface area (Å²) in [6, 6.07) is 0. The second-order valence-electron chi connectivity index (χ2n) is 7.04. The third kappa shape index (κ3) is 12.9. The summed E-state index contributed by atoms with van der Waals surface area (Å²) in [4.78, 5) is 67.5. The number of carbonyl (C=O) groups is 6. The van der Waals surface area contributed by atoms with E-state index in [-0.39, 0.29) is 23.3 Å². The van der Waals surface area contributed by atoms with Gasteiger partial charge in [-0.1, -0.05) is 13.3 Å². The fourth-order valence-corrected chi connectivity index (χ4v) is 2.64. The van der Waals surface area contributed by atoms with Crippen molar-refractivity contribution in [1.29, 1.82) is 0 Å². The molecular weight excluding hydrogens is 468 g/mol. The highest BCUT2D eigenvalue weighted by atomic mass is 16.5. The van der Waals surface area contributed by atoms with Gasteiger partial charge in [-0.05, 0) is 13.3 Å². The Morgan fingerprint density at radius 3 is 2.20 bits per heavy atom. The van der Waals surface area contributed by atoms with Crippen molar-refractivity contribution in [3.05, 3.63) is 22.9 Å². The minimum absolute atomic E-state index is 0.0566. The monoisotopic (exact) mass is 500 g/mol. The average molecular weight is 501 g/mol. The van der Waals surface area contributed by atoms with E-state index >= 15 is 0 Å². The van der Waals surface area contributed by atoms with Crippen LogP contribution in [-0.4, -0.2) is 97.7 Å². The summed E-state index contributed by atoms with van der Waals surface area (Å²) in [6.07, 6.45) is 2.67. The zero-order chi connectivity index (χ0) is 26.8. The fourth-order valence-electron chi connectivity index (χ4n) is 2.64. The number of hydrogen-bond acceptors (Lipinski definition) is 10. The van der Waals surface area contributed by atoms with Crippen LogP contribution in [0, 0.1) is 0 Å². The van der Waals surface area contributed by atoms with Crippen molar-refractivity contribution in [3.8, 4) is 0 Å². The van der Waals surface area contributed by atoms with Crippen molar-refractivity contribution in [2.24, 2.45) is 0 Å². The normalized spacial score (nSPS) is 13.9. The number of nitrogens with one attached hydrogen (secondary N) is 1. The van der Waals surface area contributed by atoms with E-state index in [1.807, 2.05) is 6.92 Å². The molecule has 13 nitrogen and oxygen atoms in total. The Labute approximate surface area is 202 Å². The number of ether oxygens (including phenoxy) is 3. The molecule has 3 N–H and O–H groups in total. The molecule has 0 spiro atoms. The molecule has 13 heteroatoms. The van der Waals surface area contributed by atoms with Gasteiger partial charge in [0.2, 0.25) is 0 Å². The predicted molar refractivity (Wildman–Crippen MR) is 120 cm³/mol. The predicted octanol–water partition coefficient (Wildman–Crippen LogP) is -0.104. The molecule has 0 aromatic rings. The van der Waals surface area contributed by atoms with Gasteiger partial charge in [-0.15, -0.1) is 0 Å². The molecule has 196 valence electrons. The number of rotatable bonds is 12. The van der Waals surface area contributed by atoms with Gasteiger partial charge in [0.05, 0.1) is 25.9 Å². The van der Waals surface area contributed by atoms with Crippen molar-refractivity contribution >= 4 is 36.1 Å². The van der Waals surface area contributed by atoms with E-state index in [0.29, 0.717) is 39.1 Å². The lowest BCUT2D eigenvalue weighted by atomic mass is 10.1. The average Bonchev–Trinajstić information content (AvgIpc) is 2.82. The molecule has 1 saturated heterocycles. The van der Waals surface area contributed by atoms with E-state index in [4.69, 9.17) is 14.9 Å². The number of methoxy groups -OCH3 is 1. The number of carbonyl (C=O) groups excluding carboxylic acids is 4. The lowest BCUT2D eigenvalue weighted by molar-refractivity contribution is -0.145. The van der Waals surface area contributed by atoms with Crippen LogP contribution in [0.5, 0.6) is 0 Å². The van der Waals surface area contributed by atoms with E-state index in [0.717, 1.165) is 18.9 Å².